The predicted octanol–water partition coefficient (Wildman–Crippen LogP) is 2.71. The Balaban J connectivity index is 2.49. The van der Waals surface area contributed by atoms with Gasteiger partial charge in [0.05, 0.1) is 5.52 Å². The lowest BCUT2D eigenvalue weighted by Gasteiger charge is -2.00. The van der Waals surface area contributed by atoms with Gasteiger partial charge in [0.2, 0.25) is 0 Å². The second-order valence-corrected chi connectivity index (χ2v) is 3.45. The molecule has 2 rings (SSSR count). The Hall–Kier alpha value is -1.02. The van der Waals surface area contributed by atoms with Gasteiger partial charge in [-0.1, -0.05) is 18.2 Å². The minimum absolute atomic E-state index is 0.887. The van der Waals surface area contributed by atoms with E-state index in [-0.39, 0.29) is 0 Å². The Bertz CT molecular complexity index is 412. The number of fused-ring (bicyclic) bond motifs is 1. The predicted molar refractivity (Wildman–Crippen MR) is 59.3 cm³/mol. The summed E-state index contributed by atoms with van der Waals surface area (Å²) < 4.78 is 0. The standard InChI is InChI=1S/C11H11NS/c13-7-5-9-3-4-10-2-1-6-12-11(10)8-9/h1-4,6,8,13H,5,7H2. The molecule has 0 aliphatic rings. The lowest BCUT2D eigenvalue weighted by molar-refractivity contribution is 1.17. The molecule has 0 saturated heterocycles. The largest absolute Gasteiger partial charge is 0.256 e. The van der Waals surface area contributed by atoms with Gasteiger partial charge in [-0.15, -0.1) is 0 Å². The van der Waals surface area contributed by atoms with Gasteiger partial charge in [0.1, 0.15) is 0 Å². The smallest absolute Gasteiger partial charge is 0.0704 e. The quantitative estimate of drug-likeness (QED) is 0.717. The Morgan fingerprint density at radius 3 is 3.00 bits per heavy atom. The fourth-order valence-electron chi connectivity index (χ4n) is 1.40. The van der Waals surface area contributed by atoms with Crippen molar-refractivity contribution in [2.75, 3.05) is 5.75 Å². The normalized spacial score (nSPS) is 10.5. The van der Waals surface area contributed by atoms with E-state index in [0.29, 0.717) is 0 Å². The van der Waals surface area contributed by atoms with Gasteiger partial charge in [0.25, 0.3) is 0 Å². The Morgan fingerprint density at radius 2 is 2.15 bits per heavy atom. The van der Waals surface area contributed by atoms with Gasteiger partial charge >= 0.3 is 0 Å². The number of benzene rings is 1. The van der Waals surface area contributed by atoms with E-state index in [9.17, 15) is 0 Å². The summed E-state index contributed by atoms with van der Waals surface area (Å²) in [4.78, 5) is 4.30. The van der Waals surface area contributed by atoms with Gasteiger partial charge < -0.3 is 0 Å². The first-order valence-electron chi connectivity index (χ1n) is 4.34. The van der Waals surface area contributed by atoms with Gasteiger partial charge in [-0.3, -0.25) is 4.98 Å². The van der Waals surface area contributed by atoms with Crippen molar-refractivity contribution in [1.82, 2.24) is 4.98 Å². The first-order valence-corrected chi connectivity index (χ1v) is 4.98. The molecule has 0 N–H and O–H groups in total. The third-order valence-electron chi connectivity index (χ3n) is 2.07. The molecule has 1 aromatic carbocycles. The molecule has 13 heavy (non-hydrogen) atoms. The molecule has 0 unspecified atom stereocenters. The first-order chi connectivity index (χ1) is 6.40. The molecule has 66 valence electrons. The van der Waals surface area contributed by atoms with Crippen LogP contribution in [0, 0.1) is 0 Å². The van der Waals surface area contributed by atoms with Crippen molar-refractivity contribution in [2.45, 2.75) is 6.42 Å². The van der Waals surface area contributed by atoms with Crippen LogP contribution in [0.4, 0.5) is 0 Å². The molecule has 0 radical (unpaired) electrons. The number of rotatable bonds is 2. The molecule has 0 spiro atoms. The molecule has 0 saturated carbocycles. The van der Waals surface area contributed by atoms with Gasteiger partial charge in [-0.05, 0) is 29.9 Å². The van der Waals surface area contributed by atoms with Crippen LogP contribution in [0.5, 0.6) is 0 Å². The van der Waals surface area contributed by atoms with Crippen LogP contribution in [-0.4, -0.2) is 10.7 Å². The minimum atomic E-state index is 0.887. The summed E-state index contributed by atoms with van der Waals surface area (Å²) in [6.45, 7) is 0. The van der Waals surface area contributed by atoms with Gasteiger partial charge in [0, 0.05) is 11.6 Å². The number of aryl methyl sites for hydroxylation is 1. The maximum Gasteiger partial charge on any atom is 0.0704 e. The van der Waals surface area contributed by atoms with Gasteiger partial charge in [0.15, 0.2) is 0 Å². The van der Waals surface area contributed by atoms with Crippen LogP contribution in [0.2, 0.25) is 0 Å². The third-order valence-corrected chi connectivity index (χ3v) is 2.29. The monoisotopic (exact) mass is 189 g/mol. The fraction of sp³-hybridized carbons (Fsp3) is 0.182. The van der Waals surface area contributed by atoms with E-state index in [0.717, 1.165) is 17.7 Å². The number of aromatic nitrogens is 1. The van der Waals surface area contributed by atoms with Crippen LogP contribution in [0.3, 0.4) is 0 Å². The van der Waals surface area contributed by atoms with Crippen LogP contribution in [0.1, 0.15) is 5.56 Å². The van der Waals surface area contributed by atoms with E-state index in [4.69, 9.17) is 0 Å². The molecule has 2 heteroatoms. The molecule has 0 bridgehead atoms. The van der Waals surface area contributed by atoms with Crippen LogP contribution < -0.4 is 0 Å². The summed E-state index contributed by atoms with van der Waals surface area (Å²) in [6.07, 6.45) is 2.84. The van der Waals surface area contributed by atoms with Gasteiger partial charge in [-0.25, -0.2) is 0 Å². The summed E-state index contributed by atoms with van der Waals surface area (Å²) in [5, 5.41) is 1.20. The van der Waals surface area contributed by atoms with E-state index >= 15 is 0 Å². The van der Waals surface area contributed by atoms with Crippen molar-refractivity contribution >= 4 is 23.5 Å². The van der Waals surface area contributed by atoms with E-state index in [1.54, 1.807) is 0 Å². The Kier molecular flexibility index (Phi) is 2.50. The lowest BCUT2D eigenvalue weighted by atomic mass is 10.1. The Labute approximate surface area is 83.2 Å². The molecule has 1 nitrogen and oxygen atoms in total. The number of nitrogens with zero attached hydrogens (tertiary/aromatic N) is 1. The molecular weight excluding hydrogens is 178 g/mol. The van der Waals surface area contributed by atoms with Crippen molar-refractivity contribution in [3.63, 3.8) is 0 Å². The molecule has 0 fully saturated rings. The number of pyridine rings is 1. The van der Waals surface area contributed by atoms with Crippen LogP contribution in [0.15, 0.2) is 36.5 Å². The summed E-state index contributed by atoms with van der Waals surface area (Å²) in [5.41, 5.74) is 2.38. The highest BCUT2D eigenvalue weighted by molar-refractivity contribution is 7.80. The second kappa shape index (κ2) is 3.79. The average molecular weight is 189 g/mol. The summed E-state index contributed by atoms with van der Waals surface area (Å²) in [6, 6.07) is 10.4. The molecule has 2 aromatic rings. The summed E-state index contributed by atoms with van der Waals surface area (Å²) in [7, 11) is 0. The van der Waals surface area contributed by atoms with Crippen LogP contribution in [-0.2, 0) is 6.42 Å². The van der Waals surface area contributed by atoms with Gasteiger partial charge in [-0.2, -0.15) is 12.6 Å². The molecule has 1 heterocycles. The number of hydrogen-bond donors (Lipinski definition) is 1. The van der Waals surface area contributed by atoms with Crippen molar-refractivity contribution in [3.05, 3.63) is 42.1 Å². The highest BCUT2D eigenvalue weighted by Gasteiger charge is 1.95. The zero-order chi connectivity index (χ0) is 9.10. The molecular formula is C11H11NS. The first kappa shape index (κ1) is 8.57. The average Bonchev–Trinajstić information content (AvgIpc) is 2.18. The fourth-order valence-corrected chi connectivity index (χ4v) is 1.65. The zero-order valence-corrected chi connectivity index (χ0v) is 8.17. The van der Waals surface area contributed by atoms with E-state index in [1.807, 2.05) is 12.3 Å². The minimum Gasteiger partial charge on any atom is -0.256 e. The van der Waals surface area contributed by atoms with Crippen molar-refractivity contribution in [1.29, 1.82) is 0 Å². The van der Waals surface area contributed by atoms with E-state index in [1.165, 1.54) is 10.9 Å². The van der Waals surface area contributed by atoms with Crippen molar-refractivity contribution < 1.29 is 0 Å². The third kappa shape index (κ3) is 1.83. The molecule has 0 aliphatic heterocycles. The molecule has 0 aliphatic carbocycles. The Morgan fingerprint density at radius 1 is 1.23 bits per heavy atom. The molecule has 0 atom stereocenters. The van der Waals surface area contributed by atoms with E-state index < -0.39 is 0 Å². The summed E-state index contributed by atoms with van der Waals surface area (Å²) in [5.74, 6) is 0.887. The highest BCUT2D eigenvalue weighted by atomic mass is 32.1. The number of hydrogen-bond acceptors (Lipinski definition) is 2. The van der Waals surface area contributed by atoms with E-state index in [2.05, 4.69) is 41.9 Å². The summed E-state index contributed by atoms with van der Waals surface area (Å²) >= 11 is 4.21. The number of thiol groups is 1. The maximum absolute atomic E-state index is 4.30. The van der Waals surface area contributed by atoms with Crippen LogP contribution in [0.25, 0.3) is 10.9 Å². The SMILES string of the molecule is SCCc1ccc2cccnc2c1. The maximum atomic E-state index is 4.30. The highest BCUT2D eigenvalue weighted by Crippen LogP contribution is 2.13. The van der Waals surface area contributed by atoms with Crippen LogP contribution >= 0.6 is 12.6 Å². The lowest BCUT2D eigenvalue weighted by Crippen LogP contribution is -1.86. The second-order valence-electron chi connectivity index (χ2n) is 3.00. The zero-order valence-electron chi connectivity index (χ0n) is 7.27. The molecule has 0 amide bonds. The van der Waals surface area contributed by atoms with Crippen molar-refractivity contribution in [2.24, 2.45) is 0 Å². The molecule has 1 aromatic heterocycles. The topological polar surface area (TPSA) is 12.9 Å². The van der Waals surface area contributed by atoms with Crippen molar-refractivity contribution in [3.8, 4) is 0 Å².